The second-order valence-corrected chi connectivity index (χ2v) is 6.66. The quantitative estimate of drug-likeness (QED) is 0.787. The Bertz CT molecular complexity index is 883. The molecule has 1 aliphatic rings. The topological polar surface area (TPSA) is 49.4 Å². The third-order valence-electron chi connectivity index (χ3n) is 4.36. The fraction of sp³-hybridized carbons (Fsp3) is 0.263. The summed E-state index contributed by atoms with van der Waals surface area (Å²) in [6, 6.07) is 10.4. The predicted octanol–water partition coefficient (Wildman–Crippen LogP) is 4.27. The summed E-state index contributed by atoms with van der Waals surface area (Å²) in [4.78, 5) is 26.1. The first-order chi connectivity index (χ1) is 12.7. The van der Waals surface area contributed by atoms with E-state index in [1.807, 2.05) is 24.3 Å². The molecule has 0 radical (unpaired) electrons. The Kier molecular flexibility index (Phi) is 5.41. The second kappa shape index (κ2) is 7.60. The van der Waals surface area contributed by atoms with Gasteiger partial charge in [0.2, 0.25) is 11.8 Å². The molecule has 4 nitrogen and oxygen atoms in total. The first kappa shape index (κ1) is 19.2. The lowest BCUT2D eigenvalue weighted by Gasteiger charge is -2.28. The molecular weight excluding hydrogens is 381 g/mol. The highest BCUT2D eigenvalue weighted by Crippen LogP contribution is 2.33. The number of halogens is 4. The Labute approximate surface area is 158 Å². The third kappa shape index (κ3) is 4.60. The average Bonchev–Trinajstić information content (AvgIpc) is 2.62. The van der Waals surface area contributed by atoms with Gasteiger partial charge in [-0.15, -0.1) is 0 Å². The van der Waals surface area contributed by atoms with Gasteiger partial charge in [0, 0.05) is 13.1 Å². The molecular formula is C19H16ClF3N2O2. The number of benzene rings is 2. The van der Waals surface area contributed by atoms with Gasteiger partial charge >= 0.3 is 6.18 Å². The number of fused-ring (bicyclic) bond motifs is 1. The molecule has 0 aromatic heterocycles. The molecule has 0 aliphatic carbocycles. The lowest BCUT2D eigenvalue weighted by atomic mass is 10.00. The van der Waals surface area contributed by atoms with Crippen molar-refractivity contribution in [3.8, 4) is 0 Å². The van der Waals surface area contributed by atoms with E-state index in [1.54, 1.807) is 4.90 Å². The maximum atomic E-state index is 12.8. The number of carbonyl (C=O) groups excluding carboxylic acids is 2. The summed E-state index contributed by atoms with van der Waals surface area (Å²) in [5.74, 6) is -1.09. The number of anilines is 1. The van der Waals surface area contributed by atoms with E-state index >= 15 is 0 Å². The van der Waals surface area contributed by atoms with Crippen molar-refractivity contribution in [2.45, 2.75) is 25.6 Å². The predicted molar refractivity (Wildman–Crippen MR) is 95.3 cm³/mol. The average molecular weight is 397 g/mol. The lowest BCUT2D eigenvalue weighted by Crippen LogP contribution is -2.37. The van der Waals surface area contributed by atoms with Crippen LogP contribution in [0.2, 0.25) is 5.02 Å². The number of carbonyl (C=O) groups is 2. The molecule has 2 amide bonds. The third-order valence-corrected chi connectivity index (χ3v) is 4.69. The zero-order chi connectivity index (χ0) is 19.6. The van der Waals surface area contributed by atoms with E-state index in [1.165, 1.54) is 5.56 Å². The Hall–Kier alpha value is -2.54. The van der Waals surface area contributed by atoms with Crippen LogP contribution in [0.5, 0.6) is 0 Å². The number of amides is 2. The van der Waals surface area contributed by atoms with Crippen LogP contribution >= 0.6 is 11.6 Å². The highest BCUT2D eigenvalue weighted by molar-refractivity contribution is 6.33. The summed E-state index contributed by atoms with van der Waals surface area (Å²) in [5, 5.41) is 2.26. The van der Waals surface area contributed by atoms with E-state index in [2.05, 4.69) is 5.32 Å². The van der Waals surface area contributed by atoms with E-state index < -0.39 is 24.1 Å². The van der Waals surface area contributed by atoms with Gasteiger partial charge in [-0.05, 0) is 35.7 Å². The van der Waals surface area contributed by atoms with Crippen molar-refractivity contribution in [2.24, 2.45) is 0 Å². The number of hydrogen-bond acceptors (Lipinski definition) is 2. The van der Waals surface area contributed by atoms with Gasteiger partial charge in [-0.2, -0.15) is 13.2 Å². The van der Waals surface area contributed by atoms with Crippen LogP contribution in [0, 0.1) is 0 Å². The Morgan fingerprint density at radius 1 is 1.11 bits per heavy atom. The summed E-state index contributed by atoms with van der Waals surface area (Å²) in [7, 11) is 0. The molecule has 3 rings (SSSR count). The molecule has 0 bridgehead atoms. The summed E-state index contributed by atoms with van der Waals surface area (Å²) < 4.78 is 38.4. The fourth-order valence-corrected chi connectivity index (χ4v) is 3.11. The molecule has 142 valence electrons. The van der Waals surface area contributed by atoms with E-state index in [0.29, 0.717) is 19.5 Å². The standard InChI is InChI=1S/C19H16ClF3N2O2/c20-15-6-5-14(19(21,22)23)9-16(15)24-17(26)10-18(27)25-8-7-12-3-1-2-4-13(12)11-25/h1-6,9H,7-8,10-11H2,(H,24,26). The van der Waals surface area contributed by atoms with Gasteiger partial charge in [0.25, 0.3) is 0 Å². The molecule has 0 spiro atoms. The van der Waals surface area contributed by atoms with Gasteiger partial charge in [-0.3, -0.25) is 9.59 Å². The fourth-order valence-electron chi connectivity index (χ4n) is 2.95. The number of rotatable bonds is 3. The van der Waals surface area contributed by atoms with Crippen LogP contribution in [0.3, 0.4) is 0 Å². The Morgan fingerprint density at radius 2 is 1.81 bits per heavy atom. The molecule has 0 saturated heterocycles. The normalized spacial score (nSPS) is 13.9. The summed E-state index contributed by atoms with van der Waals surface area (Å²) in [6.45, 7) is 0.903. The molecule has 1 heterocycles. The van der Waals surface area contributed by atoms with Crippen molar-refractivity contribution in [2.75, 3.05) is 11.9 Å². The van der Waals surface area contributed by atoms with E-state index in [4.69, 9.17) is 11.6 Å². The minimum absolute atomic E-state index is 0.0318. The molecule has 0 atom stereocenters. The highest BCUT2D eigenvalue weighted by Gasteiger charge is 2.31. The van der Waals surface area contributed by atoms with Gasteiger partial charge in [0.1, 0.15) is 6.42 Å². The molecule has 1 N–H and O–H groups in total. The van der Waals surface area contributed by atoms with Gasteiger partial charge in [0.15, 0.2) is 0 Å². The van der Waals surface area contributed by atoms with Crippen molar-refractivity contribution in [3.63, 3.8) is 0 Å². The van der Waals surface area contributed by atoms with Crippen LogP contribution in [-0.2, 0) is 28.7 Å². The molecule has 1 aliphatic heterocycles. The Balaban J connectivity index is 1.64. The zero-order valence-corrected chi connectivity index (χ0v) is 14.9. The van der Waals surface area contributed by atoms with Crippen LogP contribution in [0.15, 0.2) is 42.5 Å². The van der Waals surface area contributed by atoms with Crippen LogP contribution in [0.25, 0.3) is 0 Å². The van der Waals surface area contributed by atoms with Crippen LogP contribution < -0.4 is 5.32 Å². The van der Waals surface area contributed by atoms with Crippen LogP contribution in [0.1, 0.15) is 23.1 Å². The molecule has 2 aromatic rings. The number of nitrogens with zero attached hydrogens (tertiary/aromatic N) is 1. The number of hydrogen-bond donors (Lipinski definition) is 1. The largest absolute Gasteiger partial charge is 0.416 e. The highest BCUT2D eigenvalue weighted by atomic mass is 35.5. The molecule has 0 fully saturated rings. The van der Waals surface area contributed by atoms with Gasteiger partial charge < -0.3 is 10.2 Å². The monoisotopic (exact) mass is 396 g/mol. The van der Waals surface area contributed by atoms with Crippen LogP contribution in [0.4, 0.5) is 18.9 Å². The maximum absolute atomic E-state index is 12.8. The number of alkyl halides is 3. The summed E-state index contributed by atoms with van der Waals surface area (Å²) in [6.07, 6.45) is -4.32. The first-order valence-corrected chi connectivity index (χ1v) is 8.63. The molecule has 2 aromatic carbocycles. The van der Waals surface area contributed by atoms with E-state index in [-0.39, 0.29) is 16.6 Å². The molecule has 8 heteroatoms. The zero-order valence-electron chi connectivity index (χ0n) is 14.1. The smallest absolute Gasteiger partial charge is 0.338 e. The maximum Gasteiger partial charge on any atom is 0.416 e. The first-order valence-electron chi connectivity index (χ1n) is 8.25. The Morgan fingerprint density at radius 3 is 2.52 bits per heavy atom. The van der Waals surface area contributed by atoms with E-state index in [0.717, 1.165) is 23.8 Å². The van der Waals surface area contributed by atoms with Crippen molar-refractivity contribution in [1.29, 1.82) is 0 Å². The van der Waals surface area contributed by atoms with Crippen molar-refractivity contribution in [3.05, 3.63) is 64.2 Å². The minimum atomic E-state index is -4.55. The minimum Gasteiger partial charge on any atom is -0.338 e. The van der Waals surface area contributed by atoms with Gasteiger partial charge in [-0.25, -0.2) is 0 Å². The SMILES string of the molecule is O=C(CC(=O)N1CCc2ccccc2C1)Nc1cc(C(F)(F)F)ccc1Cl. The molecule has 0 saturated carbocycles. The van der Waals surface area contributed by atoms with E-state index in [9.17, 15) is 22.8 Å². The molecule has 27 heavy (non-hydrogen) atoms. The van der Waals surface area contributed by atoms with Crippen molar-refractivity contribution < 1.29 is 22.8 Å². The second-order valence-electron chi connectivity index (χ2n) is 6.25. The van der Waals surface area contributed by atoms with Crippen molar-refractivity contribution in [1.82, 2.24) is 4.90 Å². The van der Waals surface area contributed by atoms with Crippen molar-refractivity contribution >= 4 is 29.1 Å². The van der Waals surface area contributed by atoms with Gasteiger partial charge in [-0.1, -0.05) is 35.9 Å². The summed E-state index contributed by atoms with van der Waals surface area (Å²) in [5.41, 5.74) is 1.09. The number of nitrogens with one attached hydrogen (secondary N) is 1. The lowest BCUT2D eigenvalue weighted by molar-refractivity contribution is -0.138. The van der Waals surface area contributed by atoms with Crippen LogP contribution in [-0.4, -0.2) is 23.3 Å². The summed E-state index contributed by atoms with van der Waals surface area (Å²) >= 11 is 5.85. The van der Waals surface area contributed by atoms with Gasteiger partial charge in [0.05, 0.1) is 16.3 Å². The molecule has 0 unspecified atom stereocenters.